The van der Waals surface area contributed by atoms with Gasteiger partial charge in [0.2, 0.25) is 5.91 Å². The fourth-order valence-corrected chi connectivity index (χ4v) is 8.47. The molecule has 1 saturated carbocycles. The summed E-state index contributed by atoms with van der Waals surface area (Å²) in [5, 5.41) is 74.4. The second kappa shape index (κ2) is 36.8. The molecular weight excluding hydrogens is 801 g/mol. The zero-order chi connectivity index (χ0) is 45.1. The van der Waals surface area contributed by atoms with E-state index in [0.29, 0.717) is 19.3 Å². The summed E-state index contributed by atoms with van der Waals surface area (Å²) in [6.07, 6.45) is 28.1. The molecule has 9 N–H and O–H groups in total. The summed E-state index contributed by atoms with van der Waals surface area (Å²) in [6, 6.07) is -1.26. The van der Waals surface area contributed by atoms with E-state index in [0.717, 1.165) is 44.9 Å². The molecule has 0 spiro atoms. The van der Waals surface area contributed by atoms with Crippen molar-refractivity contribution in [3.8, 4) is 0 Å². The number of aliphatic hydroxyl groups is 7. The van der Waals surface area contributed by atoms with E-state index in [1.54, 1.807) is 6.08 Å². The van der Waals surface area contributed by atoms with Crippen molar-refractivity contribution in [3.05, 3.63) is 36.5 Å². The topological polar surface area (TPSA) is 226 Å². The Bertz CT molecular complexity index is 1190. The van der Waals surface area contributed by atoms with E-state index in [9.17, 15) is 50.0 Å². The van der Waals surface area contributed by atoms with Crippen molar-refractivity contribution in [1.82, 2.24) is 5.32 Å². The van der Waals surface area contributed by atoms with Crippen LogP contribution in [0.3, 0.4) is 0 Å². The Labute approximate surface area is 368 Å². The summed E-state index contributed by atoms with van der Waals surface area (Å²) >= 11 is 0. The molecule has 0 aliphatic heterocycles. The van der Waals surface area contributed by atoms with Gasteiger partial charge >= 0.3 is 7.82 Å². The van der Waals surface area contributed by atoms with Gasteiger partial charge < -0.3 is 46.0 Å². The molecule has 1 aliphatic carbocycles. The molecule has 14 heteroatoms. The van der Waals surface area contributed by atoms with Crippen LogP contribution in [-0.4, -0.2) is 108 Å². The standard InChI is InChI=1S/C47H88NO12P/c1-3-5-7-9-11-13-15-17-19-20-21-22-24-26-28-30-32-34-38(49)36-41(51)48-39(37-59-61(57,58)60-47-45(55)43(53)42(52)44(54)46(47)56)40(50)35-33-31-29-27-25-23-18-16-14-12-10-8-6-4-2/h14,16,25,27,33,35,38-40,42-47,49-50,52-56H,3-13,15,17-24,26,28-32,34,36-37H2,1-2H3,(H,48,51)(H,57,58)/b16-14+,27-25+,35-33+. The Morgan fingerprint density at radius 2 is 0.967 bits per heavy atom. The van der Waals surface area contributed by atoms with Crippen molar-refractivity contribution in [2.75, 3.05) is 6.61 Å². The lowest BCUT2D eigenvalue weighted by molar-refractivity contribution is -0.220. The van der Waals surface area contributed by atoms with Crippen LogP contribution in [0.4, 0.5) is 0 Å². The quantitative estimate of drug-likeness (QED) is 0.0162. The van der Waals surface area contributed by atoms with Gasteiger partial charge in [0.05, 0.1) is 31.3 Å². The highest BCUT2D eigenvalue weighted by molar-refractivity contribution is 7.47. The van der Waals surface area contributed by atoms with Crippen LogP contribution in [0.5, 0.6) is 0 Å². The van der Waals surface area contributed by atoms with Crippen LogP contribution in [0.15, 0.2) is 36.5 Å². The zero-order valence-electron chi connectivity index (χ0n) is 37.8. The molecule has 13 nitrogen and oxygen atoms in total. The first-order chi connectivity index (χ1) is 29.3. The van der Waals surface area contributed by atoms with Gasteiger partial charge in [0.1, 0.15) is 36.6 Å². The maximum absolute atomic E-state index is 13.0. The molecule has 1 amide bonds. The van der Waals surface area contributed by atoms with Gasteiger partial charge in [-0.25, -0.2) is 4.57 Å². The highest BCUT2D eigenvalue weighted by Gasteiger charge is 2.51. The number of rotatable bonds is 39. The third-order valence-electron chi connectivity index (χ3n) is 11.5. The Kier molecular flexibility index (Phi) is 34.7. The summed E-state index contributed by atoms with van der Waals surface area (Å²) in [5.74, 6) is -0.606. The van der Waals surface area contributed by atoms with Crippen LogP contribution >= 0.6 is 7.82 Å². The third-order valence-corrected chi connectivity index (χ3v) is 12.4. The first-order valence-electron chi connectivity index (χ1n) is 24.0. The predicted molar refractivity (Wildman–Crippen MR) is 243 cm³/mol. The van der Waals surface area contributed by atoms with Gasteiger partial charge in [-0.2, -0.15) is 0 Å². The van der Waals surface area contributed by atoms with E-state index in [1.165, 1.54) is 115 Å². The first kappa shape index (κ1) is 57.5. The third kappa shape index (κ3) is 28.8. The highest BCUT2D eigenvalue weighted by atomic mass is 31.2. The Morgan fingerprint density at radius 1 is 0.574 bits per heavy atom. The van der Waals surface area contributed by atoms with E-state index in [4.69, 9.17) is 9.05 Å². The summed E-state index contributed by atoms with van der Waals surface area (Å²) in [4.78, 5) is 23.4. The van der Waals surface area contributed by atoms with Crippen molar-refractivity contribution >= 4 is 13.7 Å². The minimum absolute atomic E-state index is 0.253. The fraction of sp³-hybridized carbons (Fsp3) is 0.851. The SMILES string of the molecule is CCCCCC/C=C/CC/C=C/CC/C=C/C(O)C(COP(=O)(O)OC1C(O)C(O)C(O)C(O)C1O)NC(=O)CC(O)CCCCCCCCCCCCCCCCCCC. The summed E-state index contributed by atoms with van der Waals surface area (Å²) < 4.78 is 22.8. The minimum atomic E-state index is -5.15. The number of unbranched alkanes of at least 4 members (excludes halogenated alkanes) is 22. The highest BCUT2D eigenvalue weighted by Crippen LogP contribution is 2.47. The summed E-state index contributed by atoms with van der Waals surface area (Å²) in [7, 11) is -5.15. The molecule has 1 aliphatic rings. The fourth-order valence-electron chi connectivity index (χ4n) is 7.51. The molecule has 0 aromatic carbocycles. The van der Waals surface area contributed by atoms with Crippen LogP contribution in [0.2, 0.25) is 0 Å². The molecule has 1 rings (SSSR count). The lowest BCUT2D eigenvalue weighted by atomic mass is 9.85. The van der Waals surface area contributed by atoms with Crippen molar-refractivity contribution in [3.63, 3.8) is 0 Å². The maximum Gasteiger partial charge on any atom is 0.472 e. The van der Waals surface area contributed by atoms with E-state index < -0.39 is 75.2 Å². The lowest BCUT2D eigenvalue weighted by Gasteiger charge is -2.41. The van der Waals surface area contributed by atoms with Crippen LogP contribution in [0.1, 0.15) is 194 Å². The molecule has 0 saturated heterocycles. The molecule has 1 fully saturated rings. The summed E-state index contributed by atoms with van der Waals surface area (Å²) in [5.41, 5.74) is 0. The molecule has 0 aromatic rings. The van der Waals surface area contributed by atoms with Gasteiger partial charge in [0.25, 0.3) is 0 Å². The van der Waals surface area contributed by atoms with E-state index >= 15 is 0 Å². The number of amides is 1. The number of carbonyl (C=O) groups is 1. The van der Waals surface area contributed by atoms with E-state index in [1.807, 2.05) is 0 Å². The minimum Gasteiger partial charge on any atom is -0.393 e. The number of aliphatic hydroxyl groups excluding tert-OH is 7. The molecule has 358 valence electrons. The second-order valence-corrected chi connectivity index (χ2v) is 18.5. The van der Waals surface area contributed by atoms with Gasteiger partial charge in [-0.15, -0.1) is 0 Å². The average molecular weight is 890 g/mol. The first-order valence-corrected chi connectivity index (χ1v) is 25.5. The van der Waals surface area contributed by atoms with Crippen molar-refractivity contribution in [2.24, 2.45) is 0 Å². The smallest absolute Gasteiger partial charge is 0.393 e. The molecule has 8 unspecified atom stereocenters. The van der Waals surface area contributed by atoms with Crippen LogP contribution in [-0.2, 0) is 18.4 Å². The molecule has 0 aromatic heterocycles. The van der Waals surface area contributed by atoms with E-state index in [2.05, 4.69) is 43.5 Å². The molecule has 8 atom stereocenters. The number of allylic oxidation sites excluding steroid dienone is 5. The number of phosphoric ester groups is 1. The largest absolute Gasteiger partial charge is 0.472 e. The van der Waals surface area contributed by atoms with Gasteiger partial charge in [0.15, 0.2) is 0 Å². The number of hydrogen-bond acceptors (Lipinski definition) is 11. The van der Waals surface area contributed by atoms with Crippen LogP contribution in [0.25, 0.3) is 0 Å². The second-order valence-electron chi connectivity index (χ2n) is 17.1. The zero-order valence-corrected chi connectivity index (χ0v) is 38.7. The van der Waals surface area contributed by atoms with Gasteiger partial charge in [-0.05, 0) is 44.9 Å². The summed E-state index contributed by atoms with van der Waals surface area (Å²) in [6.45, 7) is 3.70. The molecule has 0 bridgehead atoms. The monoisotopic (exact) mass is 890 g/mol. The Hall–Kier alpha value is -1.48. The van der Waals surface area contributed by atoms with Crippen LogP contribution < -0.4 is 5.32 Å². The van der Waals surface area contributed by atoms with Crippen molar-refractivity contribution < 1.29 is 59.0 Å². The van der Waals surface area contributed by atoms with E-state index in [-0.39, 0.29) is 6.42 Å². The lowest BCUT2D eigenvalue weighted by Crippen LogP contribution is -2.64. The Balaban J connectivity index is 2.54. The molecular formula is C47H88NO12P. The normalized spacial score (nSPS) is 23.5. The molecule has 0 radical (unpaired) electrons. The van der Waals surface area contributed by atoms with Gasteiger partial charge in [-0.3, -0.25) is 13.8 Å². The van der Waals surface area contributed by atoms with Crippen molar-refractivity contribution in [2.45, 2.75) is 249 Å². The Morgan fingerprint density at radius 3 is 1.44 bits per heavy atom. The number of phosphoric acid groups is 1. The number of nitrogens with one attached hydrogen (secondary N) is 1. The van der Waals surface area contributed by atoms with Gasteiger partial charge in [0, 0.05) is 0 Å². The van der Waals surface area contributed by atoms with Crippen molar-refractivity contribution in [1.29, 1.82) is 0 Å². The van der Waals surface area contributed by atoms with Crippen LogP contribution in [0, 0.1) is 0 Å². The van der Waals surface area contributed by atoms with Gasteiger partial charge in [-0.1, -0.05) is 179 Å². The molecule has 0 heterocycles. The average Bonchev–Trinajstić information content (AvgIpc) is 3.23. The maximum atomic E-state index is 13.0. The number of carbonyl (C=O) groups excluding carboxylic acids is 1. The molecule has 61 heavy (non-hydrogen) atoms. The number of hydrogen-bond donors (Lipinski definition) is 9. The predicted octanol–water partition coefficient (Wildman–Crippen LogP) is 8.14.